The summed E-state index contributed by atoms with van der Waals surface area (Å²) >= 11 is 0. The Hall–Kier alpha value is -0.570. The van der Waals surface area contributed by atoms with Crippen LogP contribution in [0.4, 0.5) is 0 Å². The fourth-order valence-corrected chi connectivity index (χ4v) is 3.81. The highest BCUT2D eigenvalue weighted by Crippen LogP contribution is 2.49. The number of rotatable bonds is 2. The molecular weight excluding hydrogens is 202 g/mol. The van der Waals surface area contributed by atoms with Gasteiger partial charge in [0.25, 0.3) is 0 Å². The molecule has 3 rings (SSSR count). The van der Waals surface area contributed by atoms with Gasteiger partial charge in [-0.15, -0.1) is 0 Å². The highest BCUT2D eigenvalue weighted by Gasteiger charge is 2.52. The first-order valence-corrected chi connectivity index (χ1v) is 6.68. The number of likely N-dealkylation sites (tertiary alicyclic amines) is 1. The second kappa shape index (κ2) is 3.73. The molecule has 0 radical (unpaired) electrons. The van der Waals surface area contributed by atoms with Gasteiger partial charge in [0.1, 0.15) is 0 Å². The number of carbonyl (C=O) groups is 1. The lowest BCUT2D eigenvalue weighted by molar-refractivity contribution is -0.139. The predicted octanol–water partition coefficient (Wildman–Crippen LogP) is 1.55. The largest absolute Gasteiger partial charge is 0.396 e. The van der Waals surface area contributed by atoms with E-state index < -0.39 is 0 Å². The zero-order chi connectivity index (χ0) is 11.2. The predicted molar refractivity (Wildman–Crippen MR) is 60.8 cm³/mol. The van der Waals surface area contributed by atoms with Crippen molar-refractivity contribution in [1.29, 1.82) is 0 Å². The Kier molecular flexibility index (Phi) is 2.46. The van der Waals surface area contributed by atoms with Crippen LogP contribution < -0.4 is 0 Å². The summed E-state index contributed by atoms with van der Waals surface area (Å²) in [5.41, 5.74) is 0.0689. The minimum Gasteiger partial charge on any atom is -0.396 e. The molecule has 1 aliphatic heterocycles. The number of fused-ring (bicyclic) bond motifs is 1. The van der Waals surface area contributed by atoms with Crippen molar-refractivity contribution in [2.24, 2.45) is 11.3 Å². The SMILES string of the molecule is O=C(C1CCC1)N1CC[C@@]2(CO)CCC[C@@H]12. The van der Waals surface area contributed by atoms with Crippen LogP contribution in [0.25, 0.3) is 0 Å². The maximum Gasteiger partial charge on any atom is 0.225 e. The van der Waals surface area contributed by atoms with Crippen molar-refractivity contribution in [1.82, 2.24) is 4.90 Å². The number of hydrogen-bond acceptors (Lipinski definition) is 2. The van der Waals surface area contributed by atoms with E-state index in [9.17, 15) is 9.90 Å². The highest BCUT2D eigenvalue weighted by atomic mass is 16.3. The van der Waals surface area contributed by atoms with Crippen molar-refractivity contribution in [3.05, 3.63) is 0 Å². The van der Waals surface area contributed by atoms with Gasteiger partial charge in [-0.2, -0.15) is 0 Å². The number of nitrogens with zero attached hydrogens (tertiary/aromatic N) is 1. The summed E-state index contributed by atoms with van der Waals surface area (Å²) in [6.45, 7) is 1.16. The van der Waals surface area contributed by atoms with Crippen LogP contribution in [0.1, 0.15) is 44.9 Å². The molecule has 0 aromatic carbocycles. The average Bonchev–Trinajstić information content (AvgIpc) is 2.71. The lowest BCUT2D eigenvalue weighted by Gasteiger charge is -2.35. The van der Waals surface area contributed by atoms with E-state index in [0.29, 0.717) is 17.9 Å². The Morgan fingerprint density at radius 1 is 1.25 bits per heavy atom. The molecule has 0 aromatic heterocycles. The van der Waals surface area contributed by atoms with E-state index in [1.807, 2.05) is 0 Å². The minimum atomic E-state index is 0.0689. The summed E-state index contributed by atoms with van der Waals surface area (Å²) in [7, 11) is 0. The van der Waals surface area contributed by atoms with Crippen LogP contribution in [0.5, 0.6) is 0 Å². The first kappa shape index (κ1) is 10.6. The summed E-state index contributed by atoms with van der Waals surface area (Å²) in [6, 6.07) is 0.352. The summed E-state index contributed by atoms with van der Waals surface area (Å²) in [6.07, 6.45) is 7.83. The topological polar surface area (TPSA) is 40.5 Å². The van der Waals surface area contributed by atoms with Crippen LogP contribution >= 0.6 is 0 Å². The van der Waals surface area contributed by atoms with Crippen molar-refractivity contribution >= 4 is 5.91 Å². The molecule has 1 amide bonds. The molecule has 2 aliphatic carbocycles. The van der Waals surface area contributed by atoms with Gasteiger partial charge in [-0.1, -0.05) is 12.8 Å². The molecule has 2 atom stereocenters. The monoisotopic (exact) mass is 223 g/mol. The molecular formula is C13H21NO2. The Labute approximate surface area is 96.8 Å². The quantitative estimate of drug-likeness (QED) is 0.771. The van der Waals surface area contributed by atoms with E-state index in [4.69, 9.17) is 0 Å². The van der Waals surface area contributed by atoms with Gasteiger partial charge in [0.15, 0.2) is 0 Å². The molecule has 0 unspecified atom stereocenters. The molecule has 3 heteroatoms. The Morgan fingerprint density at radius 3 is 2.69 bits per heavy atom. The second-order valence-electron chi connectivity index (χ2n) is 5.84. The van der Waals surface area contributed by atoms with Gasteiger partial charge in [0.2, 0.25) is 5.91 Å². The fourth-order valence-electron chi connectivity index (χ4n) is 3.81. The van der Waals surface area contributed by atoms with Crippen LogP contribution in [0, 0.1) is 11.3 Å². The van der Waals surface area contributed by atoms with Crippen LogP contribution in [-0.2, 0) is 4.79 Å². The van der Waals surface area contributed by atoms with Crippen molar-refractivity contribution in [2.45, 2.75) is 51.0 Å². The van der Waals surface area contributed by atoms with Gasteiger partial charge in [-0.3, -0.25) is 4.79 Å². The van der Waals surface area contributed by atoms with E-state index in [1.54, 1.807) is 0 Å². The van der Waals surface area contributed by atoms with Crippen molar-refractivity contribution in [2.75, 3.05) is 13.2 Å². The fraction of sp³-hybridized carbons (Fsp3) is 0.923. The van der Waals surface area contributed by atoms with E-state index in [-0.39, 0.29) is 12.0 Å². The smallest absolute Gasteiger partial charge is 0.225 e. The molecule has 90 valence electrons. The summed E-state index contributed by atoms with van der Waals surface area (Å²) < 4.78 is 0. The van der Waals surface area contributed by atoms with E-state index in [2.05, 4.69) is 4.90 Å². The lowest BCUT2D eigenvalue weighted by Crippen LogP contribution is -2.45. The van der Waals surface area contributed by atoms with Gasteiger partial charge in [-0.25, -0.2) is 0 Å². The first-order valence-electron chi connectivity index (χ1n) is 6.68. The highest BCUT2D eigenvalue weighted by molar-refractivity contribution is 5.80. The number of carbonyl (C=O) groups excluding carboxylic acids is 1. The Bertz CT molecular complexity index is 300. The normalized spacial score (nSPS) is 38.6. The molecule has 3 aliphatic rings. The molecule has 0 spiro atoms. The average molecular weight is 223 g/mol. The number of aliphatic hydroxyl groups is 1. The number of aliphatic hydroxyl groups excluding tert-OH is 1. The molecule has 1 heterocycles. The van der Waals surface area contributed by atoms with Crippen molar-refractivity contribution < 1.29 is 9.90 Å². The third-order valence-corrected chi connectivity index (χ3v) is 5.14. The Morgan fingerprint density at radius 2 is 2.06 bits per heavy atom. The van der Waals surface area contributed by atoms with Gasteiger partial charge in [0.05, 0.1) is 6.61 Å². The summed E-state index contributed by atoms with van der Waals surface area (Å²) in [4.78, 5) is 14.4. The van der Waals surface area contributed by atoms with Gasteiger partial charge in [-0.05, 0) is 32.1 Å². The molecule has 16 heavy (non-hydrogen) atoms. The van der Waals surface area contributed by atoms with Crippen LogP contribution in [0.15, 0.2) is 0 Å². The zero-order valence-corrected chi connectivity index (χ0v) is 9.82. The number of amides is 1. The van der Waals surface area contributed by atoms with E-state index >= 15 is 0 Å². The molecule has 2 saturated carbocycles. The van der Waals surface area contributed by atoms with E-state index in [0.717, 1.165) is 38.6 Å². The zero-order valence-electron chi connectivity index (χ0n) is 9.82. The van der Waals surface area contributed by atoms with Crippen LogP contribution in [-0.4, -0.2) is 35.1 Å². The van der Waals surface area contributed by atoms with Gasteiger partial charge in [0, 0.05) is 23.9 Å². The third kappa shape index (κ3) is 1.33. The molecule has 1 N–H and O–H groups in total. The van der Waals surface area contributed by atoms with Gasteiger partial charge < -0.3 is 10.0 Å². The Balaban J connectivity index is 1.75. The second-order valence-corrected chi connectivity index (χ2v) is 5.84. The van der Waals surface area contributed by atoms with Crippen LogP contribution in [0.2, 0.25) is 0 Å². The maximum absolute atomic E-state index is 12.3. The molecule has 0 aromatic rings. The van der Waals surface area contributed by atoms with Crippen LogP contribution in [0.3, 0.4) is 0 Å². The molecule has 0 bridgehead atoms. The molecule has 1 saturated heterocycles. The van der Waals surface area contributed by atoms with Crippen molar-refractivity contribution in [3.63, 3.8) is 0 Å². The number of hydrogen-bond donors (Lipinski definition) is 1. The summed E-state index contributed by atoms with van der Waals surface area (Å²) in [5.74, 6) is 0.698. The maximum atomic E-state index is 12.3. The summed E-state index contributed by atoms with van der Waals surface area (Å²) in [5, 5.41) is 9.60. The van der Waals surface area contributed by atoms with Gasteiger partial charge >= 0.3 is 0 Å². The molecule has 3 fully saturated rings. The van der Waals surface area contributed by atoms with E-state index in [1.165, 1.54) is 12.8 Å². The first-order chi connectivity index (χ1) is 7.77. The standard InChI is InChI=1S/C13H21NO2/c15-9-13-6-2-5-11(13)14(8-7-13)12(16)10-3-1-4-10/h10-11,15H,1-9H2/t11-,13-/m1/s1. The third-order valence-electron chi connectivity index (χ3n) is 5.14. The lowest BCUT2D eigenvalue weighted by atomic mass is 9.82. The van der Waals surface area contributed by atoms with Crippen molar-refractivity contribution in [3.8, 4) is 0 Å². The molecule has 3 nitrogen and oxygen atoms in total. The minimum absolute atomic E-state index is 0.0689.